The van der Waals surface area contributed by atoms with Gasteiger partial charge in [0.1, 0.15) is 18.1 Å². The van der Waals surface area contributed by atoms with E-state index in [1.807, 2.05) is 30.3 Å². The summed E-state index contributed by atoms with van der Waals surface area (Å²) in [6.45, 7) is 2.88. The van der Waals surface area contributed by atoms with Gasteiger partial charge in [-0.15, -0.1) is 0 Å². The first-order valence-electron chi connectivity index (χ1n) is 9.63. The first-order valence-corrected chi connectivity index (χ1v) is 11.5. The van der Waals surface area contributed by atoms with Gasteiger partial charge in [0.2, 0.25) is 10.0 Å². The molecule has 164 valence electrons. The van der Waals surface area contributed by atoms with Crippen LogP contribution in [-0.2, 0) is 21.4 Å². The van der Waals surface area contributed by atoms with E-state index in [1.54, 1.807) is 18.9 Å². The summed E-state index contributed by atoms with van der Waals surface area (Å²) in [6, 6.07) is 9.26. The summed E-state index contributed by atoms with van der Waals surface area (Å²) in [5, 5.41) is 3.95. The zero-order chi connectivity index (χ0) is 21.8. The van der Waals surface area contributed by atoms with Crippen LogP contribution in [0, 0.1) is 6.92 Å². The molecule has 30 heavy (non-hydrogen) atoms. The average Bonchev–Trinajstić information content (AvgIpc) is 3.28. The molecule has 1 aliphatic rings. The van der Waals surface area contributed by atoms with Crippen molar-refractivity contribution in [3.05, 3.63) is 47.3 Å². The van der Waals surface area contributed by atoms with E-state index in [1.165, 1.54) is 0 Å². The van der Waals surface area contributed by atoms with E-state index in [9.17, 15) is 13.2 Å². The average molecular weight is 438 g/mol. The monoisotopic (exact) mass is 437 g/mol. The highest BCUT2D eigenvalue weighted by Crippen LogP contribution is 2.28. The zero-order valence-corrected chi connectivity index (χ0v) is 18.2. The van der Waals surface area contributed by atoms with Gasteiger partial charge in [0, 0.05) is 26.8 Å². The lowest BCUT2D eigenvalue weighted by atomic mass is 9.96. The molecule has 0 bridgehead atoms. The molecule has 1 N–H and O–H groups in total. The summed E-state index contributed by atoms with van der Waals surface area (Å²) >= 11 is 0. The Morgan fingerprint density at radius 2 is 2.07 bits per heavy atom. The van der Waals surface area contributed by atoms with Crippen molar-refractivity contribution in [1.82, 2.24) is 14.8 Å². The van der Waals surface area contributed by atoms with Crippen molar-refractivity contribution in [2.45, 2.75) is 31.9 Å². The number of para-hydroxylation sites is 1. The number of benzene rings is 1. The molecule has 0 saturated carbocycles. The number of rotatable bonds is 9. The number of aromatic nitrogens is 1. The van der Waals surface area contributed by atoms with Gasteiger partial charge in [-0.25, -0.2) is 13.1 Å². The third-order valence-electron chi connectivity index (χ3n) is 5.14. The number of aryl methyl sites for hydroxylation is 1. The maximum absolute atomic E-state index is 13.2. The third-order valence-corrected chi connectivity index (χ3v) is 5.95. The largest absolute Gasteiger partial charge is 0.489 e. The van der Waals surface area contributed by atoms with Gasteiger partial charge in [-0.2, -0.15) is 0 Å². The molecule has 2 aromatic rings. The summed E-state index contributed by atoms with van der Waals surface area (Å²) in [5.41, 5.74) is -0.00158. The van der Waals surface area contributed by atoms with Crippen molar-refractivity contribution in [3.63, 3.8) is 0 Å². The second kappa shape index (κ2) is 9.15. The van der Waals surface area contributed by atoms with Crippen LogP contribution in [0.3, 0.4) is 0 Å². The van der Waals surface area contributed by atoms with Gasteiger partial charge in [0.25, 0.3) is 5.91 Å². The van der Waals surface area contributed by atoms with Crippen molar-refractivity contribution >= 4 is 15.9 Å². The molecule has 9 nitrogen and oxygen atoms in total. The number of carbonyl (C=O) groups is 1. The highest BCUT2D eigenvalue weighted by Gasteiger charge is 2.42. The van der Waals surface area contributed by atoms with Gasteiger partial charge in [0.15, 0.2) is 5.69 Å². The number of amides is 1. The molecule has 3 rings (SSSR count). The van der Waals surface area contributed by atoms with E-state index in [0.717, 1.165) is 6.26 Å². The minimum absolute atomic E-state index is 0.144. The number of hydrogen-bond acceptors (Lipinski definition) is 7. The number of nitrogens with zero attached hydrogens (tertiary/aromatic N) is 2. The van der Waals surface area contributed by atoms with E-state index < -0.39 is 15.6 Å². The van der Waals surface area contributed by atoms with Crippen molar-refractivity contribution in [2.75, 3.05) is 33.1 Å². The van der Waals surface area contributed by atoms with E-state index in [-0.39, 0.29) is 24.8 Å². The van der Waals surface area contributed by atoms with Crippen LogP contribution in [-0.4, -0.2) is 63.0 Å². The van der Waals surface area contributed by atoms with Crippen LogP contribution in [0.1, 0.15) is 34.7 Å². The summed E-state index contributed by atoms with van der Waals surface area (Å²) in [5.74, 6) is 0.870. The van der Waals surface area contributed by atoms with E-state index in [4.69, 9.17) is 14.0 Å². The fraction of sp³-hybridized carbons (Fsp3) is 0.500. The van der Waals surface area contributed by atoms with Crippen molar-refractivity contribution in [1.29, 1.82) is 0 Å². The summed E-state index contributed by atoms with van der Waals surface area (Å²) < 4.78 is 42.6. The Hall–Kier alpha value is -2.43. The fourth-order valence-corrected chi connectivity index (χ4v) is 4.68. The van der Waals surface area contributed by atoms with Gasteiger partial charge in [-0.3, -0.25) is 4.79 Å². The van der Waals surface area contributed by atoms with Crippen LogP contribution in [0.15, 0.2) is 34.9 Å². The summed E-state index contributed by atoms with van der Waals surface area (Å²) in [7, 11) is -1.89. The van der Waals surface area contributed by atoms with Crippen molar-refractivity contribution in [2.24, 2.45) is 0 Å². The molecule has 1 amide bonds. The molecule has 1 aromatic carbocycles. The Bertz CT molecular complexity index is 976. The number of nitrogens with one attached hydrogen (secondary N) is 1. The highest BCUT2D eigenvalue weighted by atomic mass is 32.2. The Balaban J connectivity index is 1.75. The SMILES string of the molecule is COCCC1(NS(C)(=O)=O)CCN(C(=O)c2noc(C)c2COc2ccccc2)C1. The number of likely N-dealkylation sites (tertiary alicyclic amines) is 1. The van der Waals surface area contributed by atoms with Crippen LogP contribution in [0.2, 0.25) is 0 Å². The second-order valence-corrected chi connectivity index (χ2v) is 9.29. The molecular formula is C20H27N3O6S. The molecule has 2 heterocycles. The molecule has 1 aliphatic heterocycles. The molecule has 1 fully saturated rings. The molecule has 1 atom stereocenters. The number of methoxy groups -OCH3 is 1. The molecule has 1 unspecified atom stereocenters. The molecule has 1 aromatic heterocycles. The molecular weight excluding hydrogens is 410 g/mol. The molecule has 0 spiro atoms. The molecule has 0 aliphatic carbocycles. The van der Waals surface area contributed by atoms with Gasteiger partial charge in [-0.1, -0.05) is 23.4 Å². The zero-order valence-electron chi connectivity index (χ0n) is 17.4. The van der Waals surface area contributed by atoms with Crippen LogP contribution in [0.25, 0.3) is 0 Å². The van der Waals surface area contributed by atoms with Gasteiger partial charge >= 0.3 is 0 Å². The quantitative estimate of drug-likeness (QED) is 0.636. The third kappa shape index (κ3) is 5.38. The first-order chi connectivity index (χ1) is 14.2. The van der Waals surface area contributed by atoms with Crippen LogP contribution in [0.5, 0.6) is 5.75 Å². The van der Waals surface area contributed by atoms with E-state index in [0.29, 0.717) is 43.1 Å². The van der Waals surface area contributed by atoms with Crippen LogP contribution < -0.4 is 9.46 Å². The lowest BCUT2D eigenvalue weighted by molar-refractivity contribution is 0.0762. The van der Waals surface area contributed by atoms with E-state index in [2.05, 4.69) is 9.88 Å². The first kappa shape index (κ1) is 22.3. The standard InChI is InChI=1S/C20H27N3O6S/c1-15-17(13-28-16-7-5-4-6-8-16)18(21-29-15)19(24)23-11-9-20(14-23,10-12-27-2)22-30(3,25)26/h4-8,22H,9-14H2,1-3H3. The Morgan fingerprint density at radius 1 is 1.33 bits per heavy atom. The van der Waals surface area contributed by atoms with E-state index >= 15 is 0 Å². The topological polar surface area (TPSA) is 111 Å². The van der Waals surface area contributed by atoms with Crippen molar-refractivity contribution < 1.29 is 27.2 Å². The predicted octanol–water partition coefficient (Wildman–Crippen LogP) is 1.73. The number of sulfonamides is 1. The van der Waals surface area contributed by atoms with Crippen LogP contribution >= 0.6 is 0 Å². The number of ether oxygens (including phenoxy) is 2. The Morgan fingerprint density at radius 3 is 2.73 bits per heavy atom. The lowest BCUT2D eigenvalue weighted by Gasteiger charge is -2.29. The summed E-state index contributed by atoms with van der Waals surface area (Å²) in [4.78, 5) is 14.8. The number of hydrogen-bond donors (Lipinski definition) is 1. The Kier molecular flexibility index (Phi) is 6.79. The maximum atomic E-state index is 13.2. The fourth-order valence-electron chi connectivity index (χ4n) is 3.63. The summed E-state index contributed by atoms with van der Waals surface area (Å²) in [6.07, 6.45) is 2.07. The second-order valence-electron chi connectivity index (χ2n) is 7.54. The lowest BCUT2D eigenvalue weighted by Crippen LogP contribution is -2.51. The van der Waals surface area contributed by atoms with Gasteiger partial charge < -0.3 is 18.9 Å². The maximum Gasteiger partial charge on any atom is 0.276 e. The van der Waals surface area contributed by atoms with Crippen molar-refractivity contribution in [3.8, 4) is 5.75 Å². The smallest absolute Gasteiger partial charge is 0.276 e. The minimum atomic E-state index is -3.45. The predicted molar refractivity (Wildman–Crippen MR) is 110 cm³/mol. The van der Waals surface area contributed by atoms with Gasteiger partial charge in [0.05, 0.1) is 17.4 Å². The van der Waals surface area contributed by atoms with Crippen LogP contribution in [0.4, 0.5) is 0 Å². The molecule has 10 heteroatoms. The molecule has 0 radical (unpaired) electrons. The Labute approximate surface area is 176 Å². The molecule has 1 saturated heterocycles. The number of carbonyl (C=O) groups excluding carboxylic acids is 1. The normalized spacial score (nSPS) is 19.2. The van der Waals surface area contributed by atoms with Gasteiger partial charge in [-0.05, 0) is 31.9 Å². The highest BCUT2D eigenvalue weighted by molar-refractivity contribution is 7.88. The minimum Gasteiger partial charge on any atom is -0.489 e.